The minimum absolute atomic E-state index is 0.161. The van der Waals surface area contributed by atoms with E-state index >= 15 is 0 Å². The highest BCUT2D eigenvalue weighted by Crippen LogP contribution is 2.38. The summed E-state index contributed by atoms with van der Waals surface area (Å²) in [6, 6.07) is 4.54. The van der Waals surface area contributed by atoms with Crippen LogP contribution in [0.15, 0.2) is 24.3 Å². The van der Waals surface area contributed by atoms with Gasteiger partial charge in [-0.05, 0) is 6.07 Å². The third-order valence-electron chi connectivity index (χ3n) is 3.65. The van der Waals surface area contributed by atoms with E-state index in [2.05, 4.69) is 0 Å². The summed E-state index contributed by atoms with van der Waals surface area (Å²) in [5, 5.41) is 19.6. The SMILES string of the molecule is O=C(O)[C@@H]1CN(C(=O)c2cccc([N+](=O)[O-])c2)C[C@H]1C(F)(F)F. The fraction of sp³-hybridized carbons (Fsp3) is 0.385. The van der Waals surface area contributed by atoms with Gasteiger partial charge in [0.1, 0.15) is 0 Å². The first-order chi connectivity index (χ1) is 10.6. The van der Waals surface area contributed by atoms with Gasteiger partial charge in [0.2, 0.25) is 0 Å². The van der Waals surface area contributed by atoms with Crippen LogP contribution in [0, 0.1) is 22.0 Å². The van der Waals surface area contributed by atoms with Crippen molar-refractivity contribution in [2.75, 3.05) is 13.1 Å². The standard InChI is InChI=1S/C13H11F3N2O5/c14-13(15,16)10-6-17(5-9(10)12(20)21)11(19)7-2-1-3-8(4-7)18(22)23/h1-4,9-10H,5-6H2,(H,20,21)/t9-,10-/m1/s1. The summed E-state index contributed by atoms with van der Waals surface area (Å²) in [7, 11) is 0. The molecule has 1 aliphatic heterocycles. The highest BCUT2D eigenvalue weighted by atomic mass is 19.4. The van der Waals surface area contributed by atoms with Crippen molar-refractivity contribution in [2.45, 2.75) is 6.18 Å². The number of nitrogens with zero attached hydrogens (tertiary/aromatic N) is 2. The lowest BCUT2D eigenvalue weighted by Gasteiger charge is -2.18. The molecule has 2 atom stereocenters. The van der Waals surface area contributed by atoms with E-state index in [0.29, 0.717) is 0 Å². The Hall–Kier alpha value is -2.65. The number of hydrogen-bond donors (Lipinski definition) is 1. The van der Waals surface area contributed by atoms with Gasteiger partial charge < -0.3 is 10.0 Å². The first kappa shape index (κ1) is 16.7. The number of non-ortho nitro benzene ring substituents is 1. The summed E-state index contributed by atoms with van der Waals surface area (Å²) in [5.41, 5.74) is -0.539. The number of amides is 1. The summed E-state index contributed by atoms with van der Waals surface area (Å²) in [6.07, 6.45) is -4.75. The molecule has 1 fully saturated rings. The molecular weight excluding hydrogens is 321 g/mol. The summed E-state index contributed by atoms with van der Waals surface area (Å²) in [5.74, 6) is -6.42. The molecule has 0 bridgehead atoms. The zero-order chi connectivity index (χ0) is 17.4. The van der Waals surface area contributed by atoms with Crippen molar-refractivity contribution < 1.29 is 32.8 Å². The summed E-state index contributed by atoms with van der Waals surface area (Å²) in [4.78, 5) is 33.9. The number of carboxylic acid groups (broad SMARTS) is 1. The highest BCUT2D eigenvalue weighted by Gasteiger charge is 2.53. The Labute approximate surface area is 127 Å². The van der Waals surface area contributed by atoms with Crippen LogP contribution in [0.2, 0.25) is 0 Å². The number of hydrogen-bond acceptors (Lipinski definition) is 4. The third kappa shape index (κ3) is 3.41. The Morgan fingerprint density at radius 2 is 1.96 bits per heavy atom. The third-order valence-corrected chi connectivity index (χ3v) is 3.65. The molecule has 1 aromatic carbocycles. The van der Waals surface area contributed by atoms with Crippen molar-refractivity contribution >= 4 is 17.6 Å². The number of carbonyl (C=O) groups excluding carboxylic acids is 1. The van der Waals surface area contributed by atoms with Gasteiger partial charge in [0.05, 0.1) is 16.8 Å². The Bertz CT molecular complexity index is 661. The minimum Gasteiger partial charge on any atom is -0.481 e. The van der Waals surface area contributed by atoms with Crippen molar-refractivity contribution in [3.63, 3.8) is 0 Å². The first-order valence-electron chi connectivity index (χ1n) is 6.44. The number of alkyl halides is 3. The van der Waals surface area contributed by atoms with E-state index in [9.17, 15) is 32.9 Å². The van der Waals surface area contributed by atoms with Gasteiger partial charge in [-0.3, -0.25) is 19.7 Å². The highest BCUT2D eigenvalue weighted by molar-refractivity contribution is 5.95. The van der Waals surface area contributed by atoms with Crippen LogP contribution in [0.5, 0.6) is 0 Å². The van der Waals surface area contributed by atoms with Crippen LogP contribution in [-0.2, 0) is 4.79 Å². The van der Waals surface area contributed by atoms with Crippen LogP contribution in [0.1, 0.15) is 10.4 Å². The fourth-order valence-corrected chi connectivity index (χ4v) is 2.49. The van der Waals surface area contributed by atoms with Gasteiger partial charge in [0.25, 0.3) is 11.6 Å². The second-order valence-corrected chi connectivity index (χ2v) is 5.11. The molecule has 1 aliphatic rings. The number of halogens is 3. The van der Waals surface area contributed by atoms with Gasteiger partial charge in [0, 0.05) is 30.8 Å². The van der Waals surface area contributed by atoms with Gasteiger partial charge in [-0.1, -0.05) is 6.07 Å². The quantitative estimate of drug-likeness (QED) is 0.673. The second kappa shape index (κ2) is 5.86. The van der Waals surface area contributed by atoms with Gasteiger partial charge in [-0.2, -0.15) is 13.2 Å². The number of likely N-dealkylation sites (tertiary alicyclic amines) is 1. The maximum absolute atomic E-state index is 12.9. The zero-order valence-corrected chi connectivity index (χ0v) is 11.5. The molecule has 1 aromatic rings. The van der Waals surface area contributed by atoms with Crippen LogP contribution < -0.4 is 0 Å². The van der Waals surface area contributed by atoms with Crippen molar-refractivity contribution in [1.29, 1.82) is 0 Å². The second-order valence-electron chi connectivity index (χ2n) is 5.11. The van der Waals surface area contributed by atoms with E-state index in [1.807, 2.05) is 0 Å². The Morgan fingerprint density at radius 1 is 1.30 bits per heavy atom. The molecule has 1 N–H and O–H groups in total. The number of nitro groups is 1. The van der Waals surface area contributed by atoms with Crippen LogP contribution in [0.25, 0.3) is 0 Å². The van der Waals surface area contributed by atoms with E-state index in [4.69, 9.17) is 5.11 Å². The van der Waals surface area contributed by atoms with E-state index < -0.39 is 47.9 Å². The first-order valence-corrected chi connectivity index (χ1v) is 6.44. The van der Waals surface area contributed by atoms with E-state index in [1.165, 1.54) is 12.1 Å². The number of nitro benzene ring substituents is 1. The van der Waals surface area contributed by atoms with E-state index in [-0.39, 0.29) is 11.3 Å². The normalized spacial score (nSPS) is 21.3. The Kier molecular flexibility index (Phi) is 4.26. The smallest absolute Gasteiger partial charge is 0.394 e. The monoisotopic (exact) mass is 332 g/mol. The predicted octanol–water partition coefficient (Wildman–Crippen LogP) is 1.93. The molecule has 0 aliphatic carbocycles. The van der Waals surface area contributed by atoms with Crippen molar-refractivity contribution in [2.24, 2.45) is 11.8 Å². The summed E-state index contributed by atoms with van der Waals surface area (Å²) in [6.45, 7) is -1.39. The lowest BCUT2D eigenvalue weighted by Crippen LogP contribution is -2.34. The topological polar surface area (TPSA) is 101 Å². The van der Waals surface area contributed by atoms with Crippen LogP contribution in [0.3, 0.4) is 0 Å². The molecule has 0 unspecified atom stereocenters. The van der Waals surface area contributed by atoms with Gasteiger partial charge >= 0.3 is 12.1 Å². The van der Waals surface area contributed by atoms with Gasteiger partial charge in [-0.25, -0.2) is 0 Å². The molecular formula is C13H11F3N2O5. The minimum atomic E-state index is -4.75. The number of benzene rings is 1. The van der Waals surface area contributed by atoms with Gasteiger partial charge in [-0.15, -0.1) is 0 Å². The van der Waals surface area contributed by atoms with Gasteiger partial charge in [0.15, 0.2) is 0 Å². The largest absolute Gasteiger partial charge is 0.481 e. The molecule has 0 radical (unpaired) electrons. The maximum Gasteiger partial charge on any atom is 0.394 e. The molecule has 2 rings (SSSR count). The average Bonchev–Trinajstić information content (AvgIpc) is 2.92. The maximum atomic E-state index is 12.9. The lowest BCUT2D eigenvalue weighted by molar-refractivity contribution is -0.384. The van der Waals surface area contributed by atoms with E-state index in [0.717, 1.165) is 17.0 Å². The predicted molar refractivity (Wildman–Crippen MR) is 69.7 cm³/mol. The average molecular weight is 332 g/mol. The molecule has 0 saturated carbocycles. The van der Waals surface area contributed by atoms with Crippen molar-refractivity contribution in [3.05, 3.63) is 39.9 Å². The Morgan fingerprint density at radius 3 is 2.43 bits per heavy atom. The Balaban J connectivity index is 2.25. The molecule has 1 saturated heterocycles. The molecule has 0 aromatic heterocycles. The number of rotatable bonds is 3. The molecule has 1 amide bonds. The fourth-order valence-electron chi connectivity index (χ4n) is 2.49. The van der Waals surface area contributed by atoms with Crippen LogP contribution >= 0.6 is 0 Å². The number of aliphatic carboxylic acids is 1. The van der Waals surface area contributed by atoms with E-state index in [1.54, 1.807) is 0 Å². The van der Waals surface area contributed by atoms with Crippen LogP contribution in [-0.4, -0.2) is 46.1 Å². The molecule has 7 nitrogen and oxygen atoms in total. The lowest BCUT2D eigenvalue weighted by atomic mass is 9.96. The zero-order valence-electron chi connectivity index (χ0n) is 11.5. The number of carbonyl (C=O) groups is 2. The molecule has 124 valence electrons. The van der Waals surface area contributed by atoms with Crippen molar-refractivity contribution in [3.8, 4) is 0 Å². The number of carboxylic acids is 1. The molecule has 0 spiro atoms. The molecule has 1 heterocycles. The van der Waals surface area contributed by atoms with Crippen molar-refractivity contribution in [1.82, 2.24) is 4.90 Å². The summed E-state index contributed by atoms with van der Waals surface area (Å²) >= 11 is 0. The van der Waals surface area contributed by atoms with Crippen LogP contribution in [0.4, 0.5) is 18.9 Å². The molecule has 23 heavy (non-hydrogen) atoms. The molecule has 10 heteroatoms. The summed E-state index contributed by atoms with van der Waals surface area (Å²) < 4.78 is 38.7.